The molecule has 38 heavy (non-hydrogen) atoms. The lowest BCUT2D eigenvalue weighted by molar-refractivity contribution is -0.118. The Balaban J connectivity index is 0.000000186. The molecule has 0 unspecified atom stereocenters. The van der Waals surface area contributed by atoms with Crippen LogP contribution in [0.4, 0.5) is 5.69 Å². The number of hydrogen-bond donors (Lipinski definition) is 1. The zero-order valence-electron chi connectivity index (χ0n) is 21.3. The first-order chi connectivity index (χ1) is 18.5. The van der Waals surface area contributed by atoms with Gasteiger partial charge in [-0.25, -0.2) is 0 Å². The normalized spacial score (nSPS) is 15.0. The smallest absolute Gasteiger partial charge is 0.267 e. The van der Waals surface area contributed by atoms with Crippen LogP contribution in [0.5, 0.6) is 17.2 Å². The van der Waals surface area contributed by atoms with Crippen LogP contribution >= 0.6 is 0 Å². The van der Waals surface area contributed by atoms with Crippen LogP contribution in [0.15, 0.2) is 66.9 Å². The van der Waals surface area contributed by atoms with Crippen LogP contribution in [-0.2, 0) is 9.53 Å². The number of carbonyl (C=O) groups excluding carboxylic acids is 2. The van der Waals surface area contributed by atoms with Gasteiger partial charge < -0.3 is 24.8 Å². The maximum absolute atomic E-state index is 11.9. The Bertz CT molecular complexity index is 1310. The standard InChI is InChI=1S/C17H20N2O3.C12H10N2O2/c1-18-15-13-14(3-2-7-19-8-11-21-12-9-19)4-5-16(15)22-10-6-17(18)20;13-12(15)11-8-10(6-7-14-11)16-9-4-2-1-3-5-9/h4-5,13H,6-12H2,1H3;1-8H,(H2,13,15). The van der Waals surface area contributed by atoms with Crippen LogP contribution in [-0.4, -0.2) is 68.2 Å². The fraction of sp³-hybridized carbons (Fsp3) is 0.276. The molecule has 0 aliphatic carbocycles. The second kappa shape index (κ2) is 13.2. The van der Waals surface area contributed by atoms with E-state index in [0.717, 1.165) is 49.8 Å². The van der Waals surface area contributed by atoms with Crippen LogP contribution in [0.1, 0.15) is 22.5 Å². The van der Waals surface area contributed by atoms with Gasteiger partial charge in [0.25, 0.3) is 5.91 Å². The third-order valence-corrected chi connectivity index (χ3v) is 5.87. The minimum absolute atomic E-state index is 0.0668. The highest BCUT2D eigenvalue weighted by atomic mass is 16.5. The summed E-state index contributed by atoms with van der Waals surface area (Å²) in [7, 11) is 1.78. The number of rotatable bonds is 4. The number of carbonyl (C=O) groups is 2. The Morgan fingerprint density at radius 3 is 2.61 bits per heavy atom. The Morgan fingerprint density at radius 2 is 1.84 bits per heavy atom. The van der Waals surface area contributed by atoms with Crippen molar-refractivity contribution in [2.45, 2.75) is 6.42 Å². The molecule has 0 bridgehead atoms. The Labute approximate surface area is 222 Å². The molecular weight excluding hydrogens is 484 g/mol. The summed E-state index contributed by atoms with van der Waals surface area (Å²) >= 11 is 0. The Morgan fingerprint density at radius 1 is 1.05 bits per heavy atom. The van der Waals surface area contributed by atoms with E-state index in [0.29, 0.717) is 24.5 Å². The number of benzene rings is 2. The highest BCUT2D eigenvalue weighted by Gasteiger charge is 2.19. The van der Waals surface area contributed by atoms with E-state index in [-0.39, 0.29) is 11.6 Å². The molecule has 5 rings (SSSR count). The molecule has 1 fully saturated rings. The van der Waals surface area contributed by atoms with Crippen molar-refractivity contribution in [3.63, 3.8) is 0 Å². The topological polar surface area (TPSA) is 107 Å². The molecule has 196 valence electrons. The zero-order valence-corrected chi connectivity index (χ0v) is 21.3. The molecule has 9 heteroatoms. The molecule has 2 aliphatic rings. The average molecular weight is 515 g/mol. The summed E-state index contributed by atoms with van der Waals surface area (Å²) < 4.78 is 16.5. The van der Waals surface area contributed by atoms with Crippen molar-refractivity contribution in [1.29, 1.82) is 0 Å². The van der Waals surface area contributed by atoms with Gasteiger partial charge in [0.1, 0.15) is 22.9 Å². The molecule has 2 N–H and O–H groups in total. The number of nitrogens with two attached hydrogens (primary N) is 1. The lowest BCUT2D eigenvalue weighted by Gasteiger charge is -2.24. The number of anilines is 1. The van der Waals surface area contributed by atoms with E-state index in [1.54, 1.807) is 18.0 Å². The van der Waals surface area contributed by atoms with E-state index in [4.69, 9.17) is 19.9 Å². The van der Waals surface area contributed by atoms with Crippen LogP contribution < -0.4 is 20.1 Å². The van der Waals surface area contributed by atoms with Crippen LogP contribution in [0.2, 0.25) is 0 Å². The average Bonchev–Trinajstić information content (AvgIpc) is 3.08. The fourth-order valence-corrected chi connectivity index (χ4v) is 3.78. The Hall–Kier alpha value is -4.39. The number of para-hydroxylation sites is 1. The molecule has 2 aliphatic heterocycles. The first-order valence-electron chi connectivity index (χ1n) is 12.3. The van der Waals surface area contributed by atoms with Crippen molar-refractivity contribution in [3.8, 4) is 29.1 Å². The maximum Gasteiger partial charge on any atom is 0.267 e. The predicted molar refractivity (Wildman–Crippen MR) is 143 cm³/mol. The molecule has 0 atom stereocenters. The van der Waals surface area contributed by atoms with E-state index in [2.05, 4.69) is 21.7 Å². The summed E-state index contributed by atoms with van der Waals surface area (Å²) in [5.74, 6) is 7.84. The number of amides is 2. The Kier molecular flexibility index (Phi) is 9.29. The molecule has 0 saturated carbocycles. The van der Waals surface area contributed by atoms with E-state index in [1.165, 1.54) is 12.3 Å². The van der Waals surface area contributed by atoms with Crippen molar-refractivity contribution in [2.24, 2.45) is 5.73 Å². The van der Waals surface area contributed by atoms with Crippen molar-refractivity contribution in [2.75, 3.05) is 51.4 Å². The van der Waals surface area contributed by atoms with Crippen molar-refractivity contribution < 1.29 is 23.8 Å². The maximum atomic E-state index is 11.9. The number of ether oxygens (including phenoxy) is 3. The fourth-order valence-electron chi connectivity index (χ4n) is 3.78. The first kappa shape index (κ1) is 26.7. The molecule has 3 heterocycles. The highest BCUT2D eigenvalue weighted by molar-refractivity contribution is 5.95. The van der Waals surface area contributed by atoms with Gasteiger partial charge in [-0.1, -0.05) is 30.0 Å². The lowest BCUT2D eigenvalue weighted by atomic mass is 10.1. The van der Waals surface area contributed by atoms with Gasteiger partial charge in [0.15, 0.2) is 0 Å². The van der Waals surface area contributed by atoms with Gasteiger partial charge in [0.2, 0.25) is 5.91 Å². The van der Waals surface area contributed by atoms with Crippen LogP contribution in [0, 0.1) is 11.8 Å². The molecule has 0 spiro atoms. The van der Waals surface area contributed by atoms with E-state index < -0.39 is 5.91 Å². The molecule has 2 amide bonds. The monoisotopic (exact) mass is 514 g/mol. The van der Waals surface area contributed by atoms with Gasteiger partial charge in [0, 0.05) is 38.0 Å². The molecule has 3 aromatic rings. The van der Waals surface area contributed by atoms with Gasteiger partial charge in [-0.15, -0.1) is 0 Å². The number of pyridine rings is 1. The van der Waals surface area contributed by atoms with Gasteiger partial charge in [0.05, 0.1) is 38.5 Å². The summed E-state index contributed by atoms with van der Waals surface area (Å²) in [6.45, 7) is 4.60. The number of hydrogen-bond acceptors (Lipinski definition) is 7. The third-order valence-electron chi connectivity index (χ3n) is 5.87. The van der Waals surface area contributed by atoms with Gasteiger partial charge in [-0.3, -0.25) is 19.5 Å². The molecule has 2 aromatic carbocycles. The molecule has 1 saturated heterocycles. The van der Waals surface area contributed by atoms with E-state index >= 15 is 0 Å². The molecule has 9 nitrogen and oxygen atoms in total. The van der Waals surface area contributed by atoms with E-state index in [1.807, 2.05) is 48.5 Å². The summed E-state index contributed by atoms with van der Waals surface area (Å²) in [6.07, 6.45) is 1.89. The summed E-state index contributed by atoms with van der Waals surface area (Å²) in [4.78, 5) is 30.6. The van der Waals surface area contributed by atoms with Gasteiger partial charge in [-0.05, 0) is 36.4 Å². The first-order valence-corrected chi connectivity index (χ1v) is 12.3. The SMILES string of the molecule is CN1C(=O)CCOc2ccc(C#CCN3CCOCC3)cc21.NC(=O)c1cc(Oc2ccccc2)ccn1. The second-order valence-electron chi connectivity index (χ2n) is 8.58. The quantitative estimate of drug-likeness (QED) is 0.533. The number of morpholine rings is 1. The number of primary amides is 1. The zero-order chi connectivity index (χ0) is 26.7. The number of fused-ring (bicyclic) bond motifs is 1. The van der Waals surface area contributed by atoms with Crippen molar-refractivity contribution in [1.82, 2.24) is 9.88 Å². The number of aromatic nitrogens is 1. The largest absolute Gasteiger partial charge is 0.491 e. The molecular formula is C29H30N4O5. The number of nitrogens with zero attached hydrogens (tertiary/aromatic N) is 3. The predicted octanol–water partition coefficient (Wildman–Crippen LogP) is 3.09. The molecule has 0 radical (unpaired) electrons. The summed E-state index contributed by atoms with van der Waals surface area (Å²) in [5, 5.41) is 0. The van der Waals surface area contributed by atoms with E-state index in [9.17, 15) is 9.59 Å². The van der Waals surface area contributed by atoms with Crippen LogP contribution in [0.3, 0.4) is 0 Å². The third kappa shape index (κ3) is 7.56. The van der Waals surface area contributed by atoms with Gasteiger partial charge >= 0.3 is 0 Å². The summed E-state index contributed by atoms with van der Waals surface area (Å²) in [6, 6.07) is 18.2. The highest BCUT2D eigenvalue weighted by Crippen LogP contribution is 2.31. The van der Waals surface area contributed by atoms with Crippen molar-refractivity contribution in [3.05, 3.63) is 78.1 Å². The minimum atomic E-state index is -0.571. The second-order valence-corrected chi connectivity index (χ2v) is 8.58. The minimum Gasteiger partial charge on any atom is -0.491 e. The lowest BCUT2D eigenvalue weighted by Crippen LogP contribution is -2.36. The van der Waals surface area contributed by atoms with Crippen LogP contribution in [0.25, 0.3) is 0 Å². The summed E-state index contributed by atoms with van der Waals surface area (Å²) in [5.41, 5.74) is 7.00. The van der Waals surface area contributed by atoms with Crippen molar-refractivity contribution >= 4 is 17.5 Å². The molecule has 1 aromatic heterocycles. The van der Waals surface area contributed by atoms with Gasteiger partial charge in [-0.2, -0.15) is 0 Å².